The number of methoxy groups -OCH3 is 1. The zero-order valence-electron chi connectivity index (χ0n) is 18.2. The van der Waals surface area contributed by atoms with E-state index in [2.05, 4.69) is 4.98 Å². The van der Waals surface area contributed by atoms with Gasteiger partial charge in [-0.2, -0.15) is 0 Å². The SMILES string of the molecule is COc1cccc(N2C(=O)C(=O)/C(=C(\O)c3c[nH]c4ccccc34)C2c2cccc(C)c2)c1. The minimum Gasteiger partial charge on any atom is -0.507 e. The normalized spacial score (nSPS) is 17.6. The van der Waals surface area contributed by atoms with Crippen LogP contribution in [0.25, 0.3) is 16.7 Å². The number of aryl methyl sites for hydroxylation is 1. The molecular weight excluding hydrogens is 416 g/mol. The number of aromatic amines is 1. The second-order valence-electron chi connectivity index (χ2n) is 8.03. The van der Waals surface area contributed by atoms with Crippen LogP contribution in [-0.2, 0) is 9.59 Å². The number of H-pyrrole nitrogens is 1. The summed E-state index contributed by atoms with van der Waals surface area (Å²) in [6.07, 6.45) is 1.66. The highest BCUT2D eigenvalue weighted by Gasteiger charge is 2.47. The predicted octanol–water partition coefficient (Wildman–Crippen LogP) is 5.11. The fraction of sp³-hybridized carbons (Fsp3) is 0.111. The van der Waals surface area contributed by atoms with Gasteiger partial charge in [-0.15, -0.1) is 0 Å². The van der Waals surface area contributed by atoms with Crippen molar-refractivity contribution in [2.24, 2.45) is 0 Å². The molecule has 2 N–H and O–H groups in total. The average Bonchev–Trinajstić information content (AvgIpc) is 3.38. The van der Waals surface area contributed by atoms with Crippen LogP contribution in [0.5, 0.6) is 5.75 Å². The van der Waals surface area contributed by atoms with Crippen LogP contribution in [0.2, 0.25) is 0 Å². The van der Waals surface area contributed by atoms with Gasteiger partial charge in [-0.25, -0.2) is 0 Å². The molecule has 1 unspecified atom stereocenters. The Morgan fingerprint density at radius 3 is 2.58 bits per heavy atom. The maximum absolute atomic E-state index is 13.3. The van der Waals surface area contributed by atoms with E-state index in [1.165, 1.54) is 4.90 Å². The number of fused-ring (bicyclic) bond motifs is 1. The van der Waals surface area contributed by atoms with Crippen molar-refractivity contribution in [2.75, 3.05) is 12.0 Å². The fourth-order valence-corrected chi connectivity index (χ4v) is 4.43. The van der Waals surface area contributed by atoms with Crippen LogP contribution in [-0.4, -0.2) is 28.9 Å². The number of amides is 1. The highest BCUT2D eigenvalue weighted by Crippen LogP contribution is 2.43. The largest absolute Gasteiger partial charge is 0.507 e. The maximum atomic E-state index is 13.3. The van der Waals surface area contributed by atoms with Crippen LogP contribution in [0.15, 0.2) is 84.6 Å². The van der Waals surface area contributed by atoms with E-state index >= 15 is 0 Å². The number of rotatable bonds is 4. The van der Waals surface area contributed by atoms with Gasteiger partial charge in [0.1, 0.15) is 11.5 Å². The number of aromatic nitrogens is 1. The van der Waals surface area contributed by atoms with E-state index < -0.39 is 17.7 Å². The van der Waals surface area contributed by atoms with Gasteiger partial charge in [0.25, 0.3) is 11.7 Å². The third kappa shape index (κ3) is 3.36. The number of ether oxygens (including phenoxy) is 1. The highest BCUT2D eigenvalue weighted by atomic mass is 16.5. The van der Waals surface area contributed by atoms with E-state index in [4.69, 9.17) is 4.74 Å². The van der Waals surface area contributed by atoms with E-state index in [-0.39, 0.29) is 11.3 Å². The Labute approximate surface area is 190 Å². The summed E-state index contributed by atoms with van der Waals surface area (Å²) in [5.41, 5.74) is 3.59. The molecular formula is C27H22N2O4. The number of para-hydroxylation sites is 1. The number of aliphatic hydroxyl groups is 1. The lowest BCUT2D eigenvalue weighted by Crippen LogP contribution is -2.29. The van der Waals surface area contributed by atoms with E-state index in [1.807, 2.05) is 55.5 Å². The number of aliphatic hydroxyl groups excluding tert-OH is 1. The van der Waals surface area contributed by atoms with E-state index in [9.17, 15) is 14.7 Å². The second kappa shape index (κ2) is 7.98. The molecule has 5 rings (SSSR count). The van der Waals surface area contributed by atoms with Crippen LogP contribution in [0.1, 0.15) is 22.7 Å². The molecule has 0 bridgehead atoms. The first-order chi connectivity index (χ1) is 16.0. The van der Waals surface area contributed by atoms with Gasteiger partial charge in [0.2, 0.25) is 0 Å². The number of benzene rings is 3. The van der Waals surface area contributed by atoms with E-state index in [1.54, 1.807) is 37.6 Å². The molecule has 1 amide bonds. The quantitative estimate of drug-likeness (QED) is 0.263. The van der Waals surface area contributed by atoms with E-state index in [0.717, 1.165) is 22.0 Å². The van der Waals surface area contributed by atoms with Gasteiger partial charge < -0.3 is 14.8 Å². The van der Waals surface area contributed by atoms with Gasteiger partial charge >= 0.3 is 0 Å². The van der Waals surface area contributed by atoms with Crippen LogP contribution < -0.4 is 9.64 Å². The predicted molar refractivity (Wildman–Crippen MR) is 127 cm³/mol. The number of Topliss-reactive ketones (excluding diaryl/α,β-unsaturated/α-hetero) is 1. The van der Waals surface area contributed by atoms with Crippen molar-refractivity contribution < 1.29 is 19.4 Å². The van der Waals surface area contributed by atoms with Gasteiger partial charge in [-0.1, -0.05) is 54.1 Å². The summed E-state index contributed by atoms with van der Waals surface area (Å²) in [5.74, 6) is -1.07. The Morgan fingerprint density at radius 2 is 1.79 bits per heavy atom. The van der Waals surface area contributed by atoms with Gasteiger partial charge in [0, 0.05) is 34.4 Å². The molecule has 0 radical (unpaired) electrons. The lowest BCUT2D eigenvalue weighted by Gasteiger charge is -2.26. The number of carbonyl (C=O) groups excluding carboxylic acids is 2. The summed E-state index contributed by atoms with van der Waals surface area (Å²) in [5, 5.41) is 12.2. The van der Waals surface area contributed by atoms with Gasteiger partial charge in [0.15, 0.2) is 0 Å². The summed E-state index contributed by atoms with van der Waals surface area (Å²) in [6.45, 7) is 1.95. The number of nitrogens with zero attached hydrogens (tertiary/aromatic N) is 1. The van der Waals surface area contributed by atoms with Crippen molar-refractivity contribution in [3.63, 3.8) is 0 Å². The molecule has 6 nitrogen and oxygen atoms in total. The monoisotopic (exact) mass is 438 g/mol. The third-order valence-corrected chi connectivity index (χ3v) is 5.98. The molecule has 1 atom stereocenters. The molecule has 0 aliphatic carbocycles. The Kier molecular flexibility index (Phi) is 4.98. The molecule has 1 saturated heterocycles. The molecule has 4 aromatic rings. The van der Waals surface area contributed by atoms with Gasteiger partial charge in [0.05, 0.1) is 18.7 Å². The lowest BCUT2D eigenvalue weighted by molar-refractivity contribution is -0.132. The number of ketones is 1. The minimum atomic E-state index is -0.786. The van der Waals surface area contributed by atoms with Crippen LogP contribution in [0.4, 0.5) is 5.69 Å². The summed E-state index contributed by atoms with van der Waals surface area (Å²) in [6, 6.07) is 21.3. The first-order valence-corrected chi connectivity index (χ1v) is 10.6. The molecule has 33 heavy (non-hydrogen) atoms. The number of nitrogens with one attached hydrogen (secondary N) is 1. The first kappa shape index (κ1) is 20.6. The molecule has 1 aromatic heterocycles. The maximum Gasteiger partial charge on any atom is 0.300 e. The number of carbonyl (C=O) groups is 2. The van der Waals surface area contributed by atoms with Gasteiger partial charge in [-0.05, 0) is 30.7 Å². The molecule has 0 saturated carbocycles. The Morgan fingerprint density at radius 1 is 1.00 bits per heavy atom. The zero-order chi connectivity index (χ0) is 23.1. The summed E-state index contributed by atoms with van der Waals surface area (Å²) in [4.78, 5) is 31.2. The van der Waals surface area contributed by atoms with Crippen LogP contribution in [0.3, 0.4) is 0 Å². The molecule has 3 aromatic carbocycles. The second-order valence-corrected chi connectivity index (χ2v) is 8.03. The lowest BCUT2D eigenvalue weighted by atomic mass is 9.94. The number of hydrogen-bond donors (Lipinski definition) is 2. The molecule has 1 aliphatic heterocycles. The standard InChI is InChI=1S/C27H22N2O4/c1-16-7-5-8-17(13-16)24-23(25(30)21-15-28-22-12-4-3-11-20(21)22)26(31)27(32)29(24)18-9-6-10-19(14-18)33-2/h3-15,24,28,30H,1-2H3/b25-23-. The Hall–Kier alpha value is -4.32. The van der Waals surface area contributed by atoms with Crippen molar-refractivity contribution in [3.8, 4) is 5.75 Å². The first-order valence-electron chi connectivity index (χ1n) is 10.6. The summed E-state index contributed by atoms with van der Waals surface area (Å²) in [7, 11) is 1.54. The minimum absolute atomic E-state index is 0.0539. The smallest absolute Gasteiger partial charge is 0.300 e. The third-order valence-electron chi connectivity index (χ3n) is 5.98. The Balaban J connectivity index is 1.76. The average molecular weight is 438 g/mol. The van der Waals surface area contributed by atoms with Crippen molar-refractivity contribution >= 4 is 34.0 Å². The molecule has 6 heteroatoms. The van der Waals surface area contributed by atoms with E-state index in [0.29, 0.717) is 17.0 Å². The highest BCUT2D eigenvalue weighted by molar-refractivity contribution is 6.51. The fourth-order valence-electron chi connectivity index (χ4n) is 4.43. The van der Waals surface area contributed by atoms with Crippen molar-refractivity contribution in [3.05, 3.63) is 101 Å². The number of hydrogen-bond acceptors (Lipinski definition) is 4. The summed E-state index contributed by atoms with van der Waals surface area (Å²) >= 11 is 0. The van der Waals surface area contributed by atoms with Crippen molar-refractivity contribution in [1.29, 1.82) is 0 Å². The van der Waals surface area contributed by atoms with Crippen molar-refractivity contribution in [1.82, 2.24) is 4.98 Å². The van der Waals surface area contributed by atoms with Crippen LogP contribution >= 0.6 is 0 Å². The Bertz CT molecular complexity index is 1430. The zero-order valence-corrected chi connectivity index (χ0v) is 18.2. The topological polar surface area (TPSA) is 82.6 Å². The molecule has 2 heterocycles. The summed E-state index contributed by atoms with van der Waals surface area (Å²) < 4.78 is 5.33. The van der Waals surface area contributed by atoms with Crippen LogP contribution in [0, 0.1) is 6.92 Å². The molecule has 1 aliphatic rings. The van der Waals surface area contributed by atoms with Gasteiger partial charge in [-0.3, -0.25) is 14.5 Å². The number of anilines is 1. The molecule has 164 valence electrons. The van der Waals surface area contributed by atoms with Crippen molar-refractivity contribution in [2.45, 2.75) is 13.0 Å². The molecule has 0 spiro atoms. The molecule has 1 fully saturated rings.